The van der Waals surface area contributed by atoms with E-state index >= 15 is 0 Å². The van der Waals surface area contributed by atoms with E-state index in [1.165, 1.54) is 12.6 Å². The molecule has 0 spiro atoms. The zero-order chi connectivity index (χ0) is 19.3. The van der Waals surface area contributed by atoms with Gasteiger partial charge in [-0.05, 0) is 22.3 Å². The average molecular weight is 391 g/mol. The SMILES string of the molecule is CS(=O)(=O)N[C@@H]1c2ccccc2-c2ccccc2[C@H]1n1cnc2ncncc21. The standard InChI is InChI=1S/C20H17N5O2S/c1-28(26,27)24-18-15-8-4-2-6-13(15)14-7-3-5-9-16(14)19(18)25-12-23-20-17(25)10-21-11-22-20/h2-12,18-19,24H,1H3/t18-,19-/m1/s1. The van der Waals surface area contributed by atoms with Crippen LogP contribution >= 0.6 is 0 Å². The summed E-state index contributed by atoms with van der Waals surface area (Å²) in [6.07, 6.45) is 6.04. The lowest BCUT2D eigenvalue weighted by Gasteiger charge is -2.36. The Labute approximate surface area is 162 Å². The van der Waals surface area contributed by atoms with E-state index in [1.807, 2.05) is 47.0 Å². The molecule has 0 aliphatic heterocycles. The Balaban J connectivity index is 1.82. The van der Waals surface area contributed by atoms with Crippen molar-refractivity contribution >= 4 is 21.2 Å². The normalized spacial score (nSPS) is 18.6. The number of benzene rings is 2. The first-order valence-electron chi connectivity index (χ1n) is 8.81. The van der Waals surface area contributed by atoms with Crippen LogP contribution in [0.3, 0.4) is 0 Å². The molecule has 1 N–H and O–H groups in total. The fraction of sp³-hybridized carbons (Fsp3) is 0.150. The van der Waals surface area contributed by atoms with Crippen molar-refractivity contribution in [1.29, 1.82) is 0 Å². The maximum Gasteiger partial charge on any atom is 0.209 e. The van der Waals surface area contributed by atoms with E-state index in [0.717, 1.165) is 27.8 Å². The highest BCUT2D eigenvalue weighted by Gasteiger charge is 2.37. The van der Waals surface area contributed by atoms with Crippen LogP contribution < -0.4 is 4.72 Å². The van der Waals surface area contributed by atoms with Gasteiger partial charge in [0.25, 0.3) is 0 Å². The third kappa shape index (κ3) is 2.69. The molecule has 140 valence electrons. The summed E-state index contributed by atoms with van der Waals surface area (Å²) in [4.78, 5) is 12.7. The molecule has 0 amide bonds. The monoisotopic (exact) mass is 391 g/mol. The molecule has 2 atom stereocenters. The molecule has 0 fully saturated rings. The zero-order valence-electron chi connectivity index (χ0n) is 15.0. The lowest BCUT2D eigenvalue weighted by Crippen LogP contribution is -2.36. The van der Waals surface area contributed by atoms with Gasteiger partial charge >= 0.3 is 0 Å². The molecule has 2 aromatic carbocycles. The summed E-state index contributed by atoms with van der Waals surface area (Å²) in [7, 11) is -3.46. The van der Waals surface area contributed by atoms with Gasteiger partial charge in [0.1, 0.15) is 11.8 Å². The summed E-state index contributed by atoms with van der Waals surface area (Å²) in [5.74, 6) is 0. The van der Waals surface area contributed by atoms with Gasteiger partial charge in [0.05, 0.1) is 30.9 Å². The predicted molar refractivity (Wildman–Crippen MR) is 106 cm³/mol. The van der Waals surface area contributed by atoms with Crippen molar-refractivity contribution in [1.82, 2.24) is 24.2 Å². The molecule has 28 heavy (non-hydrogen) atoms. The number of rotatable bonds is 3. The van der Waals surface area contributed by atoms with Crippen molar-refractivity contribution in [3.8, 4) is 11.1 Å². The number of sulfonamides is 1. The molecule has 0 unspecified atom stereocenters. The molecule has 2 aromatic heterocycles. The fourth-order valence-electron chi connectivity index (χ4n) is 4.03. The van der Waals surface area contributed by atoms with Crippen LogP contribution in [0.15, 0.2) is 67.4 Å². The summed E-state index contributed by atoms with van der Waals surface area (Å²) in [6, 6.07) is 15.1. The highest BCUT2D eigenvalue weighted by molar-refractivity contribution is 7.88. The highest BCUT2D eigenvalue weighted by Crippen LogP contribution is 2.47. The van der Waals surface area contributed by atoms with Gasteiger partial charge in [0, 0.05) is 0 Å². The molecule has 8 heteroatoms. The Bertz CT molecular complexity index is 1300. The highest BCUT2D eigenvalue weighted by atomic mass is 32.2. The topological polar surface area (TPSA) is 89.8 Å². The van der Waals surface area contributed by atoms with Crippen molar-refractivity contribution in [2.45, 2.75) is 12.1 Å². The maximum atomic E-state index is 12.2. The Morgan fingerprint density at radius 1 is 0.964 bits per heavy atom. The van der Waals surface area contributed by atoms with E-state index in [2.05, 4.69) is 25.7 Å². The fourth-order valence-corrected chi connectivity index (χ4v) is 4.75. The van der Waals surface area contributed by atoms with Crippen LogP contribution in [0.25, 0.3) is 22.3 Å². The van der Waals surface area contributed by atoms with Gasteiger partial charge in [-0.25, -0.2) is 28.1 Å². The second-order valence-corrected chi connectivity index (χ2v) is 8.65. The van der Waals surface area contributed by atoms with Gasteiger partial charge in [0.15, 0.2) is 5.65 Å². The van der Waals surface area contributed by atoms with Crippen LogP contribution in [-0.2, 0) is 10.0 Å². The number of nitrogens with one attached hydrogen (secondary N) is 1. The number of aromatic nitrogens is 4. The van der Waals surface area contributed by atoms with Crippen molar-refractivity contribution < 1.29 is 8.42 Å². The average Bonchev–Trinajstić information content (AvgIpc) is 3.11. The maximum absolute atomic E-state index is 12.2. The summed E-state index contributed by atoms with van der Waals surface area (Å²) >= 11 is 0. The molecule has 4 aromatic rings. The molecular formula is C20H17N5O2S. The van der Waals surface area contributed by atoms with E-state index in [1.54, 1.807) is 12.5 Å². The Hall–Kier alpha value is -3.10. The number of fused-ring (bicyclic) bond motifs is 4. The summed E-state index contributed by atoms with van der Waals surface area (Å²) in [5.41, 5.74) is 5.37. The minimum atomic E-state index is -3.46. The first-order valence-corrected chi connectivity index (χ1v) is 10.7. The molecule has 7 nitrogen and oxygen atoms in total. The van der Waals surface area contributed by atoms with Gasteiger partial charge in [-0.3, -0.25) is 0 Å². The smallest absolute Gasteiger partial charge is 0.209 e. The van der Waals surface area contributed by atoms with Gasteiger partial charge < -0.3 is 4.57 Å². The summed E-state index contributed by atoms with van der Waals surface area (Å²) in [6.45, 7) is 0. The predicted octanol–water partition coefficient (Wildman–Crippen LogP) is 2.69. The second kappa shape index (κ2) is 6.22. The Morgan fingerprint density at radius 3 is 2.39 bits per heavy atom. The molecule has 5 rings (SSSR count). The lowest BCUT2D eigenvalue weighted by atomic mass is 9.79. The largest absolute Gasteiger partial charge is 0.318 e. The third-order valence-electron chi connectivity index (χ3n) is 5.08. The lowest BCUT2D eigenvalue weighted by molar-refractivity contribution is 0.450. The third-order valence-corrected chi connectivity index (χ3v) is 5.76. The first kappa shape index (κ1) is 17.0. The molecule has 0 bridgehead atoms. The van der Waals surface area contributed by atoms with Crippen LogP contribution in [0.1, 0.15) is 23.2 Å². The zero-order valence-corrected chi connectivity index (χ0v) is 15.8. The molecule has 1 aliphatic carbocycles. The minimum Gasteiger partial charge on any atom is -0.318 e. The van der Waals surface area contributed by atoms with E-state index in [-0.39, 0.29) is 6.04 Å². The van der Waals surface area contributed by atoms with Crippen molar-refractivity contribution in [3.63, 3.8) is 0 Å². The Morgan fingerprint density at radius 2 is 1.64 bits per heavy atom. The number of hydrogen-bond acceptors (Lipinski definition) is 5. The number of hydrogen-bond donors (Lipinski definition) is 1. The summed E-state index contributed by atoms with van der Waals surface area (Å²) in [5, 5.41) is 0. The van der Waals surface area contributed by atoms with Gasteiger partial charge in [-0.15, -0.1) is 0 Å². The number of nitrogens with zero attached hydrogens (tertiary/aromatic N) is 4. The minimum absolute atomic E-state index is 0.322. The van der Waals surface area contributed by atoms with Crippen molar-refractivity contribution in [2.75, 3.05) is 6.26 Å². The van der Waals surface area contributed by atoms with Crippen LogP contribution in [0.2, 0.25) is 0 Å². The van der Waals surface area contributed by atoms with Crippen molar-refractivity contribution in [2.24, 2.45) is 0 Å². The van der Waals surface area contributed by atoms with Crippen molar-refractivity contribution in [3.05, 3.63) is 78.5 Å². The quantitative estimate of drug-likeness (QED) is 0.580. The van der Waals surface area contributed by atoms with Crippen LogP contribution in [-0.4, -0.2) is 34.2 Å². The van der Waals surface area contributed by atoms with E-state index in [0.29, 0.717) is 5.65 Å². The van der Waals surface area contributed by atoms with Crippen LogP contribution in [0.5, 0.6) is 0 Å². The molecular weight excluding hydrogens is 374 g/mol. The Kier molecular flexibility index (Phi) is 3.78. The molecule has 0 saturated carbocycles. The molecule has 0 saturated heterocycles. The van der Waals surface area contributed by atoms with Gasteiger partial charge in [-0.2, -0.15) is 0 Å². The molecule has 1 aliphatic rings. The van der Waals surface area contributed by atoms with Gasteiger partial charge in [-0.1, -0.05) is 48.5 Å². The number of imidazole rings is 1. The molecule has 2 heterocycles. The van der Waals surface area contributed by atoms with E-state index < -0.39 is 16.1 Å². The second-order valence-electron chi connectivity index (χ2n) is 6.87. The van der Waals surface area contributed by atoms with Gasteiger partial charge in [0.2, 0.25) is 10.0 Å². The van der Waals surface area contributed by atoms with E-state index in [4.69, 9.17) is 0 Å². The summed E-state index contributed by atoms with van der Waals surface area (Å²) < 4.78 is 29.3. The van der Waals surface area contributed by atoms with Crippen LogP contribution in [0.4, 0.5) is 0 Å². The van der Waals surface area contributed by atoms with E-state index in [9.17, 15) is 8.42 Å². The van der Waals surface area contributed by atoms with Crippen LogP contribution in [0, 0.1) is 0 Å². The first-order chi connectivity index (χ1) is 13.5. The molecule has 0 radical (unpaired) electrons.